The number of nitrogens with one attached hydrogen (secondary N) is 1. The molecule has 3 nitrogen and oxygen atoms in total. The largest absolute Gasteiger partial charge is 1.00 e. The highest BCUT2D eigenvalue weighted by Crippen LogP contribution is 2.10. The van der Waals surface area contributed by atoms with Gasteiger partial charge in [-0.25, -0.2) is 0 Å². The standard InChI is InChI=1S/C20H27N3S.ClH/c1-22(2)15-9-14-21-20(24)23(16-18-10-5-3-6-11-18)17-19-12-7-4-8-13-19;/h3-8,10-13H,9,14-17H2,1-2H3,(H,21,24);1H/p-1. The molecule has 0 atom stereocenters. The van der Waals surface area contributed by atoms with Crippen molar-refractivity contribution in [3.8, 4) is 0 Å². The first-order valence-electron chi connectivity index (χ1n) is 8.40. The summed E-state index contributed by atoms with van der Waals surface area (Å²) < 4.78 is 0. The van der Waals surface area contributed by atoms with Crippen molar-refractivity contribution in [3.63, 3.8) is 0 Å². The fourth-order valence-corrected chi connectivity index (χ4v) is 2.74. The van der Waals surface area contributed by atoms with Gasteiger partial charge in [-0.1, -0.05) is 60.7 Å². The molecular formula is C20H27ClN3S-. The molecule has 0 spiro atoms. The minimum atomic E-state index is 0. The number of hydrogen-bond acceptors (Lipinski definition) is 2. The Morgan fingerprint density at radius 2 is 1.36 bits per heavy atom. The number of halogens is 1. The van der Waals surface area contributed by atoms with Crippen LogP contribution in [0.4, 0.5) is 0 Å². The quantitative estimate of drug-likeness (QED) is 0.534. The minimum Gasteiger partial charge on any atom is -1.00 e. The van der Waals surface area contributed by atoms with E-state index in [0.717, 1.165) is 37.7 Å². The number of rotatable bonds is 8. The first kappa shape index (κ1) is 21.4. The summed E-state index contributed by atoms with van der Waals surface area (Å²) in [5.74, 6) is 0. The number of thiocarbonyl (C=S) groups is 1. The lowest BCUT2D eigenvalue weighted by atomic mass is 10.2. The van der Waals surface area contributed by atoms with E-state index in [4.69, 9.17) is 12.2 Å². The molecule has 2 aromatic rings. The summed E-state index contributed by atoms with van der Waals surface area (Å²) in [7, 11) is 4.19. The van der Waals surface area contributed by atoms with Crippen LogP contribution in [0.15, 0.2) is 60.7 Å². The molecule has 2 rings (SSSR count). The average molecular weight is 377 g/mol. The zero-order chi connectivity index (χ0) is 17.2. The fourth-order valence-electron chi connectivity index (χ4n) is 2.51. The van der Waals surface area contributed by atoms with Crippen LogP contribution in [0, 0.1) is 0 Å². The predicted octanol–water partition coefficient (Wildman–Crippen LogP) is 0.519. The van der Waals surface area contributed by atoms with Crippen LogP contribution in [0.25, 0.3) is 0 Å². The summed E-state index contributed by atoms with van der Waals surface area (Å²) in [6.07, 6.45) is 1.08. The minimum absolute atomic E-state index is 0. The van der Waals surface area contributed by atoms with E-state index in [1.807, 2.05) is 12.1 Å². The fraction of sp³-hybridized carbons (Fsp3) is 0.350. The van der Waals surface area contributed by atoms with Crippen molar-refractivity contribution in [1.82, 2.24) is 15.1 Å². The molecule has 0 aliphatic carbocycles. The zero-order valence-corrected chi connectivity index (χ0v) is 16.6. The summed E-state index contributed by atoms with van der Waals surface area (Å²) in [6.45, 7) is 3.59. The molecule has 0 heterocycles. The van der Waals surface area contributed by atoms with Crippen LogP contribution >= 0.6 is 12.2 Å². The van der Waals surface area contributed by atoms with E-state index in [9.17, 15) is 0 Å². The topological polar surface area (TPSA) is 18.5 Å². The first-order valence-corrected chi connectivity index (χ1v) is 8.81. The van der Waals surface area contributed by atoms with Gasteiger partial charge in [-0.3, -0.25) is 0 Å². The Bertz CT molecular complexity index is 563. The van der Waals surface area contributed by atoms with E-state index < -0.39 is 0 Å². The molecule has 0 aliphatic heterocycles. The van der Waals surface area contributed by atoms with Crippen molar-refractivity contribution in [2.24, 2.45) is 0 Å². The molecule has 2 aromatic carbocycles. The first-order chi connectivity index (χ1) is 11.6. The molecule has 136 valence electrons. The van der Waals surface area contributed by atoms with Crippen molar-refractivity contribution in [1.29, 1.82) is 0 Å². The molecule has 0 aromatic heterocycles. The van der Waals surface area contributed by atoms with Crippen LogP contribution in [0.5, 0.6) is 0 Å². The van der Waals surface area contributed by atoms with Crippen molar-refractivity contribution < 1.29 is 12.4 Å². The molecule has 0 fully saturated rings. The maximum atomic E-state index is 5.65. The molecule has 25 heavy (non-hydrogen) atoms. The monoisotopic (exact) mass is 376 g/mol. The molecular weight excluding hydrogens is 350 g/mol. The van der Waals surface area contributed by atoms with Gasteiger partial charge < -0.3 is 27.5 Å². The summed E-state index contributed by atoms with van der Waals surface area (Å²) >= 11 is 5.65. The van der Waals surface area contributed by atoms with Crippen LogP contribution < -0.4 is 17.7 Å². The van der Waals surface area contributed by atoms with E-state index >= 15 is 0 Å². The van der Waals surface area contributed by atoms with Gasteiger partial charge in [0, 0.05) is 19.6 Å². The molecule has 0 saturated carbocycles. The van der Waals surface area contributed by atoms with E-state index in [1.54, 1.807) is 0 Å². The van der Waals surface area contributed by atoms with Gasteiger partial charge in [0.2, 0.25) is 0 Å². The Morgan fingerprint density at radius 1 is 0.880 bits per heavy atom. The van der Waals surface area contributed by atoms with E-state index in [-0.39, 0.29) is 12.4 Å². The summed E-state index contributed by atoms with van der Waals surface area (Å²) in [4.78, 5) is 4.42. The highest BCUT2D eigenvalue weighted by atomic mass is 35.5. The number of nitrogens with zero attached hydrogens (tertiary/aromatic N) is 2. The summed E-state index contributed by atoms with van der Waals surface area (Å²) in [6, 6.07) is 21.0. The van der Waals surface area contributed by atoms with Gasteiger partial charge in [0.15, 0.2) is 5.11 Å². The van der Waals surface area contributed by atoms with Crippen LogP contribution in [-0.4, -0.2) is 42.1 Å². The molecule has 0 aliphatic rings. The van der Waals surface area contributed by atoms with Gasteiger partial charge in [0.1, 0.15) is 0 Å². The van der Waals surface area contributed by atoms with Gasteiger partial charge in [-0.2, -0.15) is 0 Å². The third-order valence-corrected chi connectivity index (χ3v) is 4.18. The molecule has 0 bridgehead atoms. The molecule has 0 unspecified atom stereocenters. The third kappa shape index (κ3) is 8.34. The molecule has 0 saturated heterocycles. The molecule has 0 radical (unpaired) electrons. The van der Waals surface area contributed by atoms with Gasteiger partial charge >= 0.3 is 0 Å². The van der Waals surface area contributed by atoms with Gasteiger partial charge in [0.05, 0.1) is 0 Å². The highest BCUT2D eigenvalue weighted by molar-refractivity contribution is 7.80. The lowest BCUT2D eigenvalue weighted by Crippen LogP contribution is -3.00. The maximum Gasteiger partial charge on any atom is 0.169 e. The Morgan fingerprint density at radius 3 is 1.80 bits per heavy atom. The Labute approximate surface area is 163 Å². The second-order valence-corrected chi connectivity index (χ2v) is 6.60. The van der Waals surface area contributed by atoms with Gasteiger partial charge in [0.25, 0.3) is 0 Å². The van der Waals surface area contributed by atoms with E-state index in [1.165, 1.54) is 11.1 Å². The van der Waals surface area contributed by atoms with Crippen LogP contribution in [-0.2, 0) is 13.1 Å². The second-order valence-electron chi connectivity index (χ2n) is 6.22. The Kier molecular flexibility index (Phi) is 10.2. The van der Waals surface area contributed by atoms with Crippen molar-refractivity contribution in [2.75, 3.05) is 27.2 Å². The summed E-state index contributed by atoms with van der Waals surface area (Å²) in [5.41, 5.74) is 2.54. The van der Waals surface area contributed by atoms with E-state index in [0.29, 0.717) is 0 Å². The van der Waals surface area contributed by atoms with Crippen LogP contribution in [0.3, 0.4) is 0 Å². The maximum absolute atomic E-state index is 5.65. The zero-order valence-electron chi connectivity index (χ0n) is 15.0. The van der Waals surface area contributed by atoms with Crippen molar-refractivity contribution in [3.05, 3.63) is 71.8 Å². The highest BCUT2D eigenvalue weighted by Gasteiger charge is 2.11. The van der Waals surface area contributed by atoms with Crippen LogP contribution in [0.2, 0.25) is 0 Å². The number of benzene rings is 2. The predicted molar refractivity (Wildman–Crippen MR) is 106 cm³/mol. The summed E-state index contributed by atoms with van der Waals surface area (Å²) in [5, 5.41) is 4.23. The van der Waals surface area contributed by atoms with Crippen molar-refractivity contribution in [2.45, 2.75) is 19.5 Å². The Hall–Kier alpha value is -1.62. The third-order valence-electron chi connectivity index (χ3n) is 3.78. The van der Waals surface area contributed by atoms with Gasteiger partial charge in [-0.05, 0) is 50.4 Å². The molecule has 0 amide bonds. The normalized spacial score (nSPS) is 10.2. The Balaban J connectivity index is 0.00000312. The lowest BCUT2D eigenvalue weighted by Gasteiger charge is -2.26. The van der Waals surface area contributed by atoms with E-state index in [2.05, 4.69) is 77.7 Å². The smallest absolute Gasteiger partial charge is 0.169 e. The lowest BCUT2D eigenvalue weighted by molar-refractivity contribution is -0.00000497. The van der Waals surface area contributed by atoms with Gasteiger partial charge in [-0.15, -0.1) is 0 Å². The van der Waals surface area contributed by atoms with Crippen molar-refractivity contribution >= 4 is 17.3 Å². The SMILES string of the molecule is CN(C)CCCNC(=S)N(Cc1ccccc1)Cc1ccccc1.[Cl-]. The average Bonchev–Trinajstić information content (AvgIpc) is 2.59. The van der Waals surface area contributed by atoms with Crippen LogP contribution in [0.1, 0.15) is 17.5 Å². The molecule has 1 N–H and O–H groups in total. The second kappa shape index (κ2) is 11.9. The number of hydrogen-bond donors (Lipinski definition) is 1. The molecule has 5 heteroatoms.